The number of rotatable bonds is 4. The summed E-state index contributed by atoms with van der Waals surface area (Å²) in [4.78, 5) is 0. The Balaban J connectivity index is 1.59. The van der Waals surface area contributed by atoms with Crippen LogP contribution in [-0.2, 0) is 17.6 Å². The van der Waals surface area contributed by atoms with Crippen LogP contribution < -0.4 is 0 Å². The summed E-state index contributed by atoms with van der Waals surface area (Å²) in [6.45, 7) is 0.809. The molecule has 0 heterocycles. The molecule has 1 aliphatic carbocycles. The predicted molar refractivity (Wildman–Crippen MR) is 78.2 cm³/mol. The summed E-state index contributed by atoms with van der Waals surface area (Å²) in [6, 6.07) is 19.3. The van der Waals surface area contributed by atoms with Gasteiger partial charge in [0.1, 0.15) is 0 Å². The van der Waals surface area contributed by atoms with E-state index in [1.807, 2.05) is 0 Å². The Morgan fingerprint density at radius 2 is 1.74 bits per heavy atom. The molecular weight excluding hydrogens is 232 g/mol. The summed E-state index contributed by atoms with van der Waals surface area (Å²) >= 11 is 0. The zero-order chi connectivity index (χ0) is 12.9. The number of hydrogen-bond acceptors (Lipinski definition) is 1. The zero-order valence-corrected chi connectivity index (χ0v) is 11.2. The van der Waals surface area contributed by atoms with Crippen molar-refractivity contribution in [2.75, 3.05) is 6.61 Å². The first kappa shape index (κ1) is 12.4. The fourth-order valence-electron chi connectivity index (χ4n) is 2.85. The fourth-order valence-corrected chi connectivity index (χ4v) is 2.85. The average Bonchev–Trinajstić information content (AvgIpc) is 2.49. The Morgan fingerprint density at radius 3 is 2.63 bits per heavy atom. The van der Waals surface area contributed by atoms with Crippen LogP contribution in [0.15, 0.2) is 54.6 Å². The van der Waals surface area contributed by atoms with Gasteiger partial charge < -0.3 is 4.74 Å². The van der Waals surface area contributed by atoms with E-state index in [0.717, 1.165) is 19.4 Å². The fraction of sp³-hybridized carbons (Fsp3) is 0.333. The van der Waals surface area contributed by atoms with Gasteiger partial charge in [0.2, 0.25) is 0 Å². The van der Waals surface area contributed by atoms with Gasteiger partial charge in [-0.2, -0.15) is 0 Å². The minimum atomic E-state index is 0.300. The van der Waals surface area contributed by atoms with Crippen molar-refractivity contribution in [1.29, 1.82) is 0 Å². The van der Waals surface area contributed by atoms with Crippen molar-refractivity contribution in [2.45, 2.75) is 31.8 Å². The normalized spacial score (nSPS) is 18.0. The molecule has 1 unspecified atom stereocenters. The van der Waals surface area contributed by atoms with E-state index in [1.165, 1.54) is 29.5 Å². The molecule has 98 valence electrons. The van der Waals surface area contributed by atoms with E-state index >= 15 is 0 Å². The molecule has 19 heavy (non-hydrogen) atoms. The Hall–Kier alpha value is -1.60. The highest BCUT2D eigenvalue weighted by atomic mass is 16.5. The second-order valence-electron chi connectivity index (χ2n) is 5.19. The number of hydrogen-bond donors (Lipinski definition) is 0. The standard InChI is InChI=1S/C18H20O/c1-2-7-15(8-3-1)13-14-19-18-12-6-10-16-9-4-5-11-17(16)18/h1-5,7-9,11,18H,6,10,12-14H2. The number of fused-ring (bicyclic) bond motifs is 1. The van der Waals surface area contributed by atoms with Crippen LogP contribution in [0, 0.1) is 0 Å². The second kappa shape index (κ2) is 6.03. The van der Waals surface area contributed by atoms with Crippen molar-refractivity contribution in [3.63, 3.8) is 0 Å². The minimum Gasteiger partial charge on any atom is -0.373 e. The summed E-state index contributed by atoms with van der Waals surface area (Å²) in [5, 5.41) is 0. The lowest BCUT2D eigenvalue weighted by Crippen LogP contribution is -2.14. The van der Waals surface area contributed by atoms with Gasteiger partial charge in [0.15, 0.2) is 0 Å². The molecule has 0 saturated carbocycles. The molecule has 1 nitrogen and oxygen atoms in total. The number of benzene rings is 2. The third-order valence-electron chi connectivity index (χ3n) is 3.87. The van der Waals surface area contributed by atoms with E-state index in [-0.39, 0.29) is 0 Å². The molecule has 1 heteroatoms. The van der Waals surface area contributed by atoms with Gasteiger partial charge in [0.05, 0.1) is 12.7 Å². The molecule has 0 spiro atoms. The lowest BCUT2D eigenvalue weighted by Gasteiger charge is -2.25. The quantitative estimate of drug-likeness (QED) is 0.787. The average molecular weight is 252 g/mol. The highest BCUT2D eigenvalue weighted by Crippen LogP contribution is 2.32. The maximum absolute atomic E-state index is 6.11. The van der Waals surface area contributed by atoms with Crippen LogP contribution in [0.4, 0.5) is 0 Å². The Kier molecular flexibility index (Phi) is 3.95. The van der Waals surface area contributed by atoms with Gasteiger partial charge in [-0.25, -0.2) is 0 Å². The van der Waals surface area contributed by atoms with Crippen LogP contribution in [0.2, 0.25) is 0 Å². The maximum Gasteiger partial charge on any atom is 0.0827 e. The smallest absolute Gasteiger partial charge is 0.0827 e. The van der Waals surface area contributed by atoms with E-state index in [4.69, 9.17) is 4.74 Å². The summed E-state index contributed by atoms with van der Waals surface area (Å²) in [5.41, 5.74) is 4.23. The topological polar surface area (TPSA) is 9.23 Å². The number of ether oxygens (including phenoxy) is 1. The molecule has 1 aliphatic rings. The zero-order valence-electron chi connectivity index (χ0n) is 11.2. The lowest BCUT2D eigenvalue weighted by molar-refractivity contribution is 0.0428. The summed E-state index contributed by atoms with van der Waals surface area (Å²) in [6.07, 6.45) is 4.90. The van der Waals surface area contributed by atoms with Crippen molar-refractivity contribution >= 4 is 0 Å². The van der Waals surface area contributed by atoms with Gasteiger partial charge in [-0.3, -0.25) is 0 Å². The molecule has 2 aromatic rings. The van der Waals surface area contributed by atoms with Crippen LogP contribution in [0.3, 0.4) is 0 Å². The molecule has 0 fully saturated rings. The van der Waals surface area contributed by atoms with Crippen LogP contribution >= 0.6 is 0 Å². The van der Waals surface area contributed by atoms with Crippen LogP contribution in [0.5, 0.6) is 0 Å². The first-order valence-electron chi connectivity index (χ1n) is 7.17. The van der Waals surface area contributed by atoms with Gasteiger partial charge >= 0.3 is 0 Å². The van der Waals surface area contributed by atoms with Crippen LogP contribution in [-0.4, -0.2) is 6.61 Å². The van der Waals surface area contributed by atoms with Gasteiger partial charge in [0.25, 0.3) is 0 Å². The largest absolute Gasteiger partial charge is 0.373 e. The third kappa shape index (κ3) is 3.05. The van der Waals surface area contributed by atoms with E-state index in [0.29, 0.717) is 6.10 Å². The van der Waals surface area contributed by atoms with Gasteiger partial charge in [0, 0.05) is 0 Å². The van der Waals surface area contributed by atoms with Crippen LogP contribution in [0.1, 0.15) is 35.6 Å². The molecular formula is C18H20O. The molecule has 0 N–H and O–H groups in total. The maximum atomic E-state index is 6.11. The van der Waals surface area contributed by atoms with E-state index in [2.05, 4.69) is 54.6 Å². The van der Waals surface area contributed by atoms with E-state index in [9.17, 15) is 0 Å². The molecule has 0 aromatic heterocycles. The molecule has 0 radical (unpaired) electrons. The van der Waals surface area contributed by atoms with Gasteiger partial charge in [-0.05, 0) is 42.4 Å². The first-order chi connectivity index (χ1) is 9.43. The molecule has 0 amide bonds. The second-order valence-corrected chi connectivity index (χ2v) is 5.19. The first-order valence-corrected chi connectivity index (χ1v) is 7.17. The highest BCUT2D eigenvalue weighted by molar-refractivity contribution is 5.31. The van der Waals surface area contributed by atoms with Crippen LogP contribution in [0.25, 0.3) is 0 Å². The third-order valence-corrected chi connectivity index (χ3v) is 3.87. The molecule has 3 rings (SSSR count). The van der Waals surface area contributed by atoms with Crippen molar-refractivity contribution in [3.8, 4) is 0 Å². The summed E-state index contributed by atoms with van der Waals surface area (Å²) in [5.74, 6) is 0. The SMILES string of the molecule is c1ccc(CCOC2CCCc3ccccc32)cc1. The number of aryl methyl sites for hydroxylation is 1. The lowest BCUT2D eigenvalue weighted by atomic mass is 9.89. The summed E-state index contributed by atoms with van der Waals surface area (Å²) in [7, 11) is 0. The highest BCUT2D eigenvalue weighted by Gasteiger charge is 2.19. The Morgan fingerprint density at radius 1 is 0.947 bits per heavy atom. The Bertz CT molecular complexity index is 518. The minimum absolute atomic E-state index is 0.300. The Labute approximate surface area is 115 Å². The summed E-state index contributed by atoms with van der Waals surface area (Å²) < 4.78 is 6.11. The monoisotopic (exact) mass is 252 g/mol. The van der Waals surface area contributed by atoms with Crippen molar-refractivity contribution in [1.82, 2.24) is 0 Å². The van der Waals surface area contributed by atoms with E-state index < -0.39 is 0 Å². The molecule has 1 atom stereocenters. The van der Waals surface area contributed by atoms with Crippen molar-refractivity contribution in [2.24, 2.45) is 0 Å². The molecule has 0 saturated heterocycles. The molecule has 0 aliphatic heterocycles. The molecule has 2 aromatic carbocycles. The predicted octanol–water partition coefficient (Wildman–Crippen LogP) is 4.32. The van der Waals surface area contributed by atoms with Crippen molar-refractivity contribution in [3.05, 3.63) is 71.3 Å². The molecule has 0 bridgehead atoms. The van der Waals surface area contributed by atoms with Gasteiger partial charge in [-0.15, -0.1) is 0 Å². The van der Waals surface area contributed by atoms with E-state index in [1.54, 1.807) is 0 Å². The van der Waals surface area contributed by atoms with Crippen molar-refractivity contribution < 1.29 is 4.74 Å². The van der Waals surface area contributed by atoms with Gasteiger partial charge in [-0.1, -0.05) is 54.6 Å².